The molecule has 2 aromatic rings. The smallest absolute Gasteiger partial charge is 0.242 e. The number of hydrogen-bond acceptors (Lipinski definition) is 3. The molecule has 7 heteroatoms. The molecule has 178 valence electrons. The molecule has 0 aromatic heterocycles. The second kappa shape index (κ2) is 12.4. The molecule has 0 radical (unpaired) electrons. The lowest BCUT2D eigenvalue weighted by molar-refractivity contribution is -0.139. The summed E-state index contributed by atoms with van der Waals surface area (Å²) < 4.78 is 14.1. The van der Waals surface area contributed by atoms with Gasteiger partial charge in [0.15, 0.2) is 0 Å². The fourth-order valence-electron chi connectivity index (χ4n) is 4.12. The molecule has 0 bridgehead atoms. The Labute approximate surface area is 205 Å². The number of carbonyl (C=O) groups is 2. The number of carbonyl (C=O) groups excluding carboxylic acids is 2. The van der Waals surface area contributed by atoms with Gasteiger partial charge in [0.1, 0.15) is 11.9 Å². The van der Waals surface area contributed by atoms with Gasteiger partial charge in [0.25, 0.3) is 0 Å². The predicted molar refractivity (Wildman–Crippen MR) is 134 cm³/mol. The minimum absolute atomic E-state index is 0.119. The highest BCUT2D eigenvalue weighted by Gasteiger charge is 2.28. The van der Waals surface area contributed by atoms with Crippen LogP contribution in [-0.2, 0) is 21.9 Å². The van der Waals surface area contributed by atoms with Gasteiger partial charge in [-0.2, -0.15) is 0 Å². The first kappa shape index (κ1) is 25.6. The number of rotatable bonds is 9. The third-order valence-electron chi connectivity index (χ3n) is 6.25. The van der Waals surface area contributed by atoms with Crippen LogP contribution in [0, 0.1) is 12.7 Å². The molecule has 1 fully saturated rings. The van der Waals surface area contributed by atoms with Crippen molar-refractivity contribution in [2.45, 2.75) is 70.3 Å². The first-order valence-electron chi connectivity index (χ1n) is 11.5. The predicted octanol–water partition coefficient (Wildman–Crippen LogP) is 5.89. The summed E-state index contributed by atoms with van der Waals surface area (Å²) in [5, 5.41) is 3.50. The molecular weight excluding hydrogens is 459 g/mol. The maximum atomic E-state index is 14.1. The van der Waals surface area contributed by atoms with E-state index in [1.54, 1.807) is 24.0 Å². The van der Waals surface area contributed by atoms with Crippen molar-refractivity contribution < 1.29 is 14.0 Å². The summed E-state index contributed by atoms with van der Waals surface area (Å²) in [6, 6.07) is 12.0. The maximum Gasteiger partial charge on any atom is 0.242 e. The van der Waals surface area contributed by atoms with Crippen LogP contribution in [0.1, 0.15) is 55.7 Å². The SMILES string of the molecule is Cc1ccccc1CN(C(=O)CSCc1c(F)cccc1Cl)C(C)C(=O)NC1CCCCC1. The van der Waals surface area contributed by atoms with Gasteiger partial charge in [-0.25, -0.2) is 4.39 Å². The van der Waals surface area contributed by atoms with Crippen LogP contribution in [0.3, 0.4) is 0 Å². The number of thioether (sulfide) groups is 1. The monoisotopic (exact) mass is 490 g/mol. The number of nitrogens with one attached hydrogen (secondary N) is 1. The highest BCUT2D eigenvalue weighted by Crippen LogP contribution is 2.25. The maximum absolute atomic E-state index is 14.1. The summed E-state index contributed by atoms with van der Waals surface area (Å²) in [4.78, 5) is 27.9. The van der Waals surface area contributed by atoms with E-state index in [1.807, 2.05) is 31.2 Å². The molecular formula is C26H32ClFN2O2S. The molecule has 1 aliphatic rings. The summed E-state index contributed by atoms with van der Waals surface area (Å²) in [6.45, 7) is 4.14. The molecule has 0 heterocycles. The average molecular weight is 491 g/mol. The molecule has 2 amide bonds. The Hall–Kier alpha value is -2.05. The van der Waals surface area contributed by atoms with Crippen molar-refractivity contribution in [1.82, 2.24) is 10.2 Å². The lowest BCUT2D eigenvalue weighted by atomic mass is 9.95. The molecule has 0 aliphatic heterocycles. The van der Waals surface area contributed by atoms with Gasteiger partial charge in [0, 0.05) is 28.9 Å². The molecule has 1 saturated carbocycles. The van der Waals surface area contributed by atoms with Crippen LogP contribution >= 0.6 is 23.4 Å². The van der Waals surface area contributed by atoms with Crippen LogP contribution in [-0.4, -0.2) is 34.6 Å². The third kappa shape index (κ3) is 7.21. The van der Waals surface area contributed by atoms with Gasteiger partial charge in [-0.15, -0.1) is 11.8 Å². The van der Waals surface area contributed by atoms with Crippen molar-refractivity contribution >= 4 is 35.2 Å². The Bertz CT molecular complexity index is 945. The van der Waals surface area contributed by atoms with E-state index >= 15 is 0 Å². The van der Waals surface area contributed by atoms with Gasteiger partial charge >= 0.3 is 0 Å². The van der Waals surface area contributed by atoms with Crippen molar-refractivity contribution in [3.63, 3.8) is 0 Å². The zero-order valence-electron chi connectivity index (χ0n) is 19.3. The molecule has 3 rings (SSSR count). The number of hydrogen-bond donors (Lipinski definition) is 1. The van der Waals surface area contributed by atoms with Crippen LogP contribution in [0.25, 0.3) is 0 Å². The number of benzene rings is 2. The quantitative estimate of drug-likeness (QED) is 0.477. The Morgan fingerprint density at radius 3 is 2.58 bits per heavy atom. The lowest BCUT2D eigenvalue weighted by Crippen LogP contribution is -2.50. The number of aryl methyl sites for hydroxylation is 1. The lowest BCUT2D eigenvalue weighted by Gasteiger charge is -2.31. The summed E-state index contributed by atoms with van der Waals surface area (Å²) in [5.74, 6) is -0.220. The zero-order valence-corrected chi connectivity index (χ0v) is 20.9. The van der Waals surface area contributed by atoms with Crippen molar-refractivity contribution in [2.75, 3.05) is 5.75 Å². The summed E-state index contributed by atoms with van der Waals surface area (Å²) >= 11 is 7.42. The molecule has 1 N–H and O–H groups in total. The Balaban J connectivity index is 1.69. The first-order chi connectivity index (χ1) is 15.9. The topological polar surface area (TPSA) is 49.4 Å². The van der Waals surface area contributed by atoms with Gasteiger partial charge < -0.3 is 10.2 Å². The van der Waals surface area contributed by atoms with Crippen LogP contribution in [0.4, 0.5) is 4.39 Å². The van der Waals surface area contributed by atoms with E-state index in [0.29, 0.717) is 17.1 Å². The van der Waals surface area contributed by atoms with E-state index in [9.17, 15) is 14.0 Å². The standard InChI is InChI=1S/C26H32ClFN2O2S/c1-18-9-6-7-10-20(18)15-30(19(2)26(32)29-21-11-4-3-5-12-21)25(31)17-33-16-22-23(27)13-8-14-24(22)28/h6-10,13-14,19,21H,3-5,11-12,15-17H2,1-2H3,(H,29,32). The molecule has 0 saturated heterocycles. The van der Waals surface area contributed by atoms with Crippen molar-refractivity contribution in [3.8, 4) is 0 Å². The van der Waals surface area contributed by atoms with Gasteiger partial charge in [0.2, 0.25) is 11.8 Å². The van der Waals surface area contributed by atoms with E-state index < -0.39 is 6.04 Å². The van der Waals surface area contributed by atoms with Crippen LogP contribution in [0.2, 0.25) is 5.02 Å². The first-order valence-corrected chi connectivity index (χ1v) is 13.0. The molecule has 4 nitrogen and oxygen atoms in total. The Kier molecular flexibility index (Phi) is 9.63. The van der Waals surface area contributed by atoms with Gasteiger partial charge in [0.05, 0.1) is 5.75 Å². The van der Waals surface area contributed by atoms with Gasteiger partial charge in [-0.1, -0.05) is 61.2 Å². The van der Waals surface area contributed by atoms with E-state index in [2.05, 4.69) is 5.32 Å². The molecule has 0 spiro atoms. The fourth-order valence-corrected chi connectivity index (χ4v) is 5.36. The third-order valence-corrected chi connectivity index (χ3v) is 7.55. The van der Waals surface area contributed by atoms with Crippen molar-refractivity contribution in [3.05, 3.63) is 70.0 Å². The second-order valence-electron chi connectivity index (χ2n) is 8.66. The van der Waals surface area contributed by atoms with Crippen LogP contribution in [0.15, 0.2) is 42.5 Å². The molecule has 1 unspecified atom stereocenters. The summed E-state index contributed by atoms with van der Waals surface area (Å²) in [5.41, 5.74) is 2.47. The average Bonchev–Trinajstić information content (AvgIpc) is 2.80. The van der Waals surface area contributed by atoms with Gasteiger partial charge in [-0.3, -0.25) is 9.59 Å². The van der Waals surface area contributed by atoms with Crippen LogP contribution < -0.4 is 5.32 Å². The molecule has 2 aromatic carbocycles. The normalized spacial score (nSPS) is 15.2. The van der Waals surface area contributed by atoms with E-state index in [0.717, 1.165) is 36.8 Å². The highest BCUT2D eigenvalue weighted by molar-refractivity contribution is 7.99. The Morgan fingerprint density at radius 2 is 1.88 bits per heavy atom. The number of nitrogens with zero attached hydrogens (tertiary/aromatic N) is 1. The van der Waals surface area contributed by atoms with Gasteiger partial charge in [-0.05, 0) is 49.9 Å². The second-order valence-corrected chi connectivity index (χ2v) is 10.1. The van der Waals surface area contributed by atoms with E-state index in [1.165, 1.54) is 24.2 Å². The minimum Gasteiger partial charge on any atom is -0.352 e. The summed E-state index contributed by atoms with van der Waals surface area (Å²) in [7, 11) is 0. The van der Waals surface area contributed by atoms with Crippen molar-refractivity contribution in [2.24, 2.45) is 0 Å². The summed E-state index contributed by atoms with van der Waals surface area (Å²) in [6.07, 6.45) is 5.44. The number of amides is 2. The van der Waals surface area contributed by atoms with E-state index in [-0.39, 0.29) is 35.2 Å². The molecule has 33 heavy (non-hydrogen) atoms. The van der Waals surface area contributed by atoms with E-state index in [4.69, 9.17) is 11.6 Å². The van der Waals surface area contributed by atoms with Crippen LogP contribution in [0.5, 0.6) is 0 Å². The molecule has 1 atom stereocenters. The zero-order chi connectivity index (χ0) is 23.8. The highest BCUT2D eigenvalue weighted by atomic mass is 35.5. The van der Waals surface area contributed by atoms with Crippen molar-refractivity contribution in [1.29, 1.82) is 0 Å². The molecule has 1 aliphatic carbocycles. The minimum atomic E-state index is -0.600. The fraction of sp³-hybridized carbons (Fsp3) is 0.462. The number of halogens is 2. The largest absolute Gasteiger partial charge is 0.352 e. The Morgan fingerprint density at radius 1 is 1.15 bits per heavy atom.